The van der Waals surface area contributed by atoms with Gasteiger partial charge in [0.1, 0.15) is 0 Å². The largest absolute Gasteiger partial charge is 0.324 e. The van der Waals surface area contributed by atoms with Crippen molar-refractivity contribution in [2.75, 3.05) is 0 Å². The van der Waals surface area contributed by atoms with Crippen LogP contribution in [0.1, 0.15) is 29.9 Å². The van der Waals surface area contributed by atoms with E-state index in [4.69, 9.17) is 17.3 Å². The number of hydrogen-bond donors (Lipinski definition) is 1. The number of aromatic nitrogens is 4. The summed E-state index contributed by atoms with van der Waals surface area (Å²) < 4.78 is 1.73. The molecule has 0 aliphatic rings. The SMILES string of the molecule is Cc1nn(-c2ccc(Cl)nn2)c(C)c1C(C)N. The summed E-state index contributed by atoms with van der Waals surface area (Å²) in [6.45, 7) is 5.84. The Labute approximate surface area is 105 Å². The Morgan fingerprint density at radius 2 is 2.00 bits per heavy atom. The Kier molecular flexibility index (Phi) is 3.13. The standard InChI is InChI=1S/C11H14ClN5/c1-6(13)11-7(2)16-17(8(11)3)10-5-4-9(12)14-15-10/h4-6H,13H2,1-3H3. The van der Waals surface area contributed by atoms with E-state index in [2.05, 4.69) is 15.3 Å². The van der Waals surface area contributed by atoms with E-state index in [1.54, 1.807) is 16.8 Å². The molecule has 0 aliphatic carbocycles. The van der Waals surface area contributed by atoms with Gasteiger partial charge in [0, 0.05) is 17.3 Å². The van der Waals surface area contributed by atoms with E-state index in [1.807, 2.05) is 20.8 Å². The maximum absolute atomic E-state index is 5.92. The zero-order valence-corrected chi connectivity index (χ0v) is 10.7. The normalized spacial score (nSPS) is 12.8. The zero-order valence-electron chi connectivity index (χ0n) is 9.98. The second-order valence-electron chi connectivity index (χ2n) is 4.00. The predicted molar refractivity (Wildman–Crippen MR) is 66.2 cm³/mol. The van der Waals surface area contributed by atoms with Crippen LogP contribution in [-0.4, -0.2) is 20.0 Å². The smallest absolute Gasteiger partial charge is 0.176 e. The van der Waals surface area contributed by atoms with Crippen LogP contribution in [0.15, 0.2) is 12.1 Å². The second-order valence-corrected chi connectivity index (χ2v) is 4.39. The lowest BCUT2D eigenvalue weighted by molar-refractivity contribution is 0.772. The molecule has 5 nitrogen and oxygen atoms in total. The van der Waals surface area contributed by atoms with E-state index in [0.29, 0.717) is 11.0 Å². The van der Waals surface area contributed by atoms with Gasteiger partial charge in [-0.05, 0) is 32.9 Å². The van der Waals surface area contributed by atoms with E-state index in [0.717, 1.165) is 17.0 Å². The van der Waals surface area contributed by atoms with Gasteiger partial charge in [-0.1, -0.05) is 11.6 Å². The van der Waals surface area contributed by atoms with Crippen molar-refractivity contribution in [3.05, 3.63) is 34.2 Å². The summed E-state index contributed by atoms with van der Waals surface area (Å²) in [6.07, 6.45) is 0. The van der Waals surface area contributed by atoms with E-state index in [1.165, 1.54) is 0 Å². The van der Waals surface area contributed by atoms with Gasteiger partial charge in [0.15, 0.2) is 11.0 Å². The van der Waals surface area contributed by atoms with Crippen molar-refractivity contribution in [2.24, 2.45) is 5.73 Å². The highest BCUT2D eigenvalue weighted by Gasteiger charge is 2.16. The Morgan fingerprint density at radius 3 is 2.47 bits per heavy atom. The number of nitrogens with two attached hydrogens (primary N) is 1. The number of halogens is 1. The lowest BCUT2D eigenvalue weighted by atomic mass is 10.1. The lowest BCUT2D eigenvalue weighted by Crippen LogP contribution is -2.08. The van der Waals surface area contributed by atoms with Gasteiger partial charge in [-0.25, -0.2) is 4.68 Å². The maximum atomic E-state index is 5.92. The van der Waals surface area contributed by atoms with Crippen molar-refractivity contribution in [3.8, 4) is 5.82 Å². The van der Waals surface area contributed by atoms with Crippen molar-refractivity contribution in [1.29, 1.82) is 0 Å². The van der Waals surface area contributed by atoms with Gasteiger partial charge in [-0.3, -0.25) is 0 Å². The first-order valence-corrected chi connectivity index (χ1v) is 5.70. The second kappa shape index (κ2) is 4.43. The van der Waals surface area contributed by atoms with Gasteiger partial charge in [0.05, 0.1) is 5.69 Å². The van der Waals surface area contributed by atoms with Crippen LogP contribution in [0.2, 0.25) is 5.15 Å². The maximum Gasteiger partial charge on any atom is 0.176 e. The Balaban J connectivity index is 2.53. The van der Waals surface area contributed by atoms with Gasteiger partial charge in [0.2, 0.25) is 0 Å². The van der Waals surface area contributed by atoms with E-state index in [9.17, 15) is 0 Å². The molecular formula is C11H14ClN5. The highest BCUT2D eigenvalue weighted by molar-refractivity contribution is 6.29. The van der Waals surface area contributed by atoms with Crippen LogP contribution in [0.25, 0.3) is 5.82 Å². The van der Waals surface area contributed by atoms with E-state index < -0.39 is 0 Å². The average Bonchev–Trinajstić information content (AvgIpc) is 2.55. The molecule has 0 radical (unpaired) electrons. The summed E-state index contributed by atoms with van der Waals surface area (Å²) in [4.78, 5) is 0. The van der Waals surface area contributed by atoms with Crippen molar-refractivity contribution in [1.82, 2.24) is 20.0 Å². The van der Waals surface area contributed by atoms with Crippen LogP contribution < -0.4 is 5.73 Å². The molecule has 90 valence electrons. The molecule has 2 heterocycles. The molecule has 0 spiro atoms. The third-order valence-electron chi connectivity index (χ3n) is 2.64. The average molecular weight is 252 g/mol. The third-order valence-corrected chi connectivity index (χ3v) is 2.84. The Morgan fingerprint density at radius 1 is 1.29 bits per heavy atom. The quantitative estimate of drug-likeness (QED) is 0.886. The molecule has 2 aromatic rings. The lowest BCUT2D eigenvalue weighted by Gasteiger charge is -2.06. The number of hydrogen-bond acceptors (Lipinski definition) is 4. The van der Waals surface area contributed by atoms with Crippen molar-refractivity contribution in [3.63, 3.8) is 0 Å². The number of aryl methyl sites for hydroxylation is 1. The highest BCUT2D eigenvalue weighted by atomic mass is 35.5. The van der Waals surface area contributed by atoms with Crippen molar-refractivity contribution >= 4 is 11.6 Å². The van der Waals surface area contributed by atoms with Crippen LogP contribution in [0, 0.1) is 13.8 Å². The van der Waals surface area contributed by atoms with Gasteiger partial charge in [-0.2, -0.15) is 5.10 Å². The summed E-state index contributed by atoms with van der Waals surface area (Å²) in [5.41, 5.74) is 8.86. The molecule has 2 aromatic heterocycles. The van der Waals surface area contributed by atoms with Gasteiger partial charge >= 0.3 is 0 Å². The molecule has 0 aromatic carbocycles. The van der Waals surface area contributed by atoms with Crippen LogP contribution in [0.5, 0.6) is 0 Å². The number of rotatable bonds is 2. The molecule has 1 atom stereocenters. The third kappa shape index (κ3) is 2.16. The molecule has 0 amide bonds. The fraction of sp³-hybridized carbons (Fsp3) is 0.364. The number of nitrogens with zero attached hydrogens (tertiary/aromatic N) is 4. The van der Waals surface area contributed by atoms with Gasteiger partial charge < -0.3 is 5.73 Å². The van der Waals surface area contributed by atoms with Crippen molar-refractivity contribution in [2.45, 2.75) is 26.8 Å². The van der Waals surface area contributed by atoms with Gasteiger partial charge in [-0.15, -0.1) is 10.2 Å². The minimum absolute atomic E-state index is 0.0518. The van der Waals surface area contributed by atoms with Crippen LogP contribution in [-0.2, 0) is 0 Å². The summed E-state index contributed by atoms with van der Waals surface area (Å²) in [5.74, 6) is 0.641. The Bertz CT molecular complexity index is 530. The predicted octanol–water partition coefficient (Wildman–Crippen LogP) is 1.95. The van der Waals surface area contributed by atoms with Crippen LogP contribution in [0.4, 0.5) is 0 Å². The molecule has 0 fully saturated rings. The molecule has 0 saturated heterocycles. The summed E-state index contributed by atoms with van der Waals surface area (Å²) in [5, 5.41) is 12.6. The highest BCUT2D eigenvalue weighted by Crippen LogP contribution is 2.21. The Hall–Kier alpha value is -1.46. The molecular weight excluding hydrogens is 238 g/mol. The minimum Gasteiger partial charge on any atom is -0.324 e. The topological polar surface area (TPSA) is 69.6 Å². The van der Waals surface area contributed by atoms with Crippen molar-refractivity contribution < 1.29 is 0 Å². The summed E-state index contributed by atoms with van der Waals surface area (Å²) >= 11 is 5.70. The van der Waals surface area contributed by atoms with Crippen LogP contribution in [0.3, 0.4) is 0 Å². The molecule has 6 heteroatoms. The first kappa shape index (κ1) is 12.0. The summed E-state index contributed by atoms with van der Waals surface area (Å²) in [7, 11) is 0. The minimum atomic E-state index is -0.0518. The zero-order chi connectivity index (χ0) is 12.6. The molecule has 17 heavy (non-hydrogen) atoms. The van der Waals surface area contributed by atoms with Gasteiger partial charge in [0.25, 0.3) is 0 Å². The molecule has 0 aliphatic heterocycles. The molecule has 0 bridgehead atoms. The fourth-order valence-corrected chi connectivity index (χ4v) is 2.06. The van der Waals surface area contributed by atoms with E-state index in [-0.39, 0.29) is 6.04 Å². The van der Waals surface area contributed by atoms with E-state index >= 15 is 0 Å². The summed E-state index contributed by atoms with van der Waals surface area (Å²) in [6, 6.07) is 3.41. The molecule has 0 saturated carbocycles. The van der Waals surface area contributed by atoms with Crippen LogP contribution >= 0.6 is 11.6 Å². The fourth-order valence-electron chi connectivity index (χ4n) is 1.96. The monoisotopic (exact) mass is 251 g/mol. The molecule has 2 rings (SSSR count). The molecule has 2 N–H and O–H groups in total. The first-order valence-electron chi connectivity index (χ1n) is 5.32. The first-order chi connectivity index (χ1) is 8.00. The molecule has 1 unspecified atom stereocenters.